The topological polar surface area (TPSA) is 50.8 Å². The van der Waals surface area contributed by atoms with Crippen LogP contribution in [0, 0.1) is 0 Å². The molecule has 2 aromatic rings. The normalized spacial score (nSPS) is 17.3. The average molecular weight is 332 g/mol. The Morgan fingerprint density at radius 2 is 1.92 bits per heavy atom. The first kappa shape index (κ1) is 14.7. The minimum Gasteiger partial charge on any atom is -0.395 e. The highest BCUT2D eigenvalue weighted by molar-refractivity contribution is 6.02. The summed E-state index contributed by atoms with van der Waals surface area (Å²) in [4.78, 5) is 14.2. The molecule has 0 radical (unpaired) electrons. The Kier molecular flexibility index (Phi) is 3.30. The van der Waals surface area contributed by atoms with Crippen molar-refractivity contribution in [3.8, 4) is 11.5 Å². The number of ether oxygens (including phenoxy) is 2. The smallest absolute Gasteiger partial charge is 0.395 e. The lowest BCUT2D eigenvalue weighted by Crippen LogP contribution is -2.38. The second kappa shape index (κ2) is 5.36. The number of carbonyl (C=O) groups excluding carboxylic acids is 1. The van der Waals surface area contributed by atoms with E-state index in [9.17, 15) is 13.6 Å². The molecular formula is C17H14F2N2O3. The van der Waals surface area contributed by atoms with Crippen LogP contribution in [0.15, 0.2) is 42.5 Å². The number of amides is 2. The maximum Gasteiger partial charge on any atom is 0.586 e. The van der Waals surface area contributed by atoms with E-state index in [0.717, 1.165) is 24.1 Å². The molecule has 0 saturated carbocycles. The summed E-state index contributed by atoms with van der Waals surface area (Å²) in [6.07, 6.45) is -1.87. The number of alkyl halides is 2. The third kappa shape index (κ3) is 2.62. The minimum absolute atomic E-state index is 0.0543. The quantitative estimate of drug-likeness (QED) is 0.859. The van der Waals surface area contributed by atoms with Crippen molar-refractivity contribution in [2.45, 2.75) is 19.1 Å². The highest BCUT2D eigenvalue weighted by Gasteiger charge is 2.43. The van der Waals surface area contributed by atoms with Crippen molar-refractivity contribution in [1.82, 2.24) is 0 Å². The van der Waals surface area contributed by atoms with Crippen molar-refractivity contribution in [3.05, 3.63) is 48.0 Å². The highest BCUT2D eigenvalue weighted by atomic mass is 19.3. The van der Waals surface area contributed by atoms with Gasteiger partial charge in [-0.3, -0.25) is 4.90 Å². The van der Waals surface area contributed by atoms with Crippen molar-refractivity contribution in [2.75, 3.05) is 16.8 Å². The van der Waals surface area contributed by atoms with Gasteiger partial charge in [-0.05, 0) is 36.6 Å². The van der Waals surface area contributed by atoms with E-state index in [1.807, 2.05) is 24.3 Å². The van der Waals surface area contributed by atoms with Crippen LogP contribution in [-0.4, -0.2) is 18.9 Å². The predicted octanol–water partition coefficient (Wildman–Crippen LogP) is 3.99. The Balaban J connectivity index is 1.54. The molecule has 5 nitrogen and oxygen atoms in total. The van der Waals surface area contributed by atoms with E-state index in [4.69, 9.17) is 0 Å². The molecular weight excluding hydrogens is 318 g/mol. The third-order valence-corrected chi connectivity index (χ3v) is 4.01. The van der Waals surface area contributed by atoms with Gasteiger partial charge in [0.15, 0.2) is 11.5 Å². The fraction of sp³-hybridized carbons (Fsp3) is 0.235. The summed E-state index contributed by atoms with van der Waals surface area (Å²) in [6, 6.07) is 11.6. The number of halogens is 2. The van der Waals surface area contributed by atoms with Crippen LogP contribution in [0.4, 0.5) is 25.0 Å². The molecule has 124 valence electrons. The second-order valence-corrected chi connectivity index (χ2v) is 5.64. The number of anilines is 2. The summed E-state index contributed by atoms with van der Waals surface area (Å²) in [5.74, 6) is -0.154. The first-order valence-electron chi connectivity index (χ1n) is 7.58. The summed E-state index contributed by atoms with van der Waals surface area (Å²) < 4.78 is 34.8. The molecule has 1 N–H and O–H groups in total. The summed E-state index contributed by atoms with van der Waals surface area (Å²) in [7, 11) is 0. The second-order valence-electron chi connectivity index (χ2n) is 5.64. The zero-order valence-corrected chi connectivity index (χ0v) is 12.6. The molecule has 2 aromatic carbocycles. The van der Waals surface area contributed by atoms with Crippen LogP contribution >= 0.6 is 0 Å². The molecule has 0 spiro atoms. The van der Waals surface area contributed by atoms with Gasteiger partial charge in [0, 0.05) is 24.0 Å². The van der Waals surface area contributed by atoms with Crippen molar-refractivity contribution in [3.63, 3.8) is 0 Å². The Morgan fingerprint density at radius 3 is 2.79 bits per heavy atom. The first-order valence-corrected chi connectivity index (χ1v) is 7.58. The number of fused-ring (bicyclic) bond motifs is 2. The number of carbonyl (C=O) groups is 1. The van der Waals surface area contributed by atoms with E-state index < -0.39 is 6.29 Å². The Hall–Kier alpha value is -2.83. The summed E-state index contributed by atoms with van der Waals surface area (Å²) in [5.41, 5.74) is 2.35. The van der Waals surface area contributed by atoms with Crippen LogP contribution in [0.3, 0.4) is 0 Å². The van der Waals surface area contributed by atoms with Crippen molar-refractivity contribution >= 4 is 17.4 Å². The van der Waals surface area contributed by atoms with Crippen LogP contribution in [0.25, 0.3) is 0 Å². The molecule has 0 atom stereocenters. The van der Waals surface area contributed by atoms with Gasteiger partial charge in [0.2, 0.25) is 0 Å². The molecule has 0 aromatic heterocycles. The number of nitrogens with zero attached hydrogens (tertiary/aromatic N) is 1. The molecule has 4 rings (SSSR count). The van der Waals surface area contributed by atoms with E-state index >= 15 is 0 Å². The molecule has 0 aliphatic carbocycles. The molecule has 0 bridgehead atoms. The van der Waals surface area contributed by atoms with E-state index in [0.29, 0.717) is 12.2 Å². The third-order valence-electron chi connectivity index (χ3n) is 4.01. The molecule has 0 unspecified atom stereocenters. The van der Waals surface area contributed by atoms with Crippen LogP contribution in [-0.2, 0) is 6.42 Å². The van der Waals surface area contributed by atoms with E-state index in [-0.39, 0.29) is 17.5 Å². The molecule has 2 amide bonds. The lowest BCUT2D eigenvalue weighted by molar-refractivity contribution is -0.286. The fourth-order valence-corrected chi connectivity index (χ4v) is 2.96. The molecule has 0 fully saturated rings. The maximum absolute atomic E-state index is 13.0. The molecule has 2 aliphatic rings. The number of urea groups is 1. The van der Waals surface area contributed by atoms with Gasteiger partial charge >= 0.3 is 12.3 Å². The highest BCUT2D eigenvalue weighted by Crippen LogP contribution is 2.42. The minimum atomic E-state index is -3.67. The number of benzene rings is 2. The Labute approximate surface area is 136 Å². The lowest BCUT2D eigenvalue weighted by Gasteiger charge is -2.29. The van der Waals surface area contributed by atoms with Gasteiger partial charge in [-0.2, -0.15) is 0 Å². The van der Waals surface area contributed by atoms with Gasteiger partial charge in [0.1, 0.15) is 0 Å². The van der Waals surface area contributed by atoms with Crippen LogP contribution < -0.4 is 19.7 Å². The van der Waals surface area contributed by atoms with Gasteiger partial charge in [0.25, 0.3) is 0 Å². The van der Waals surface area contributed by atoms with E-state index in [2.05, 4.69) is 14.8 Å². The zero-order valence-electron chi connectivity index (χ0n) is 12.6. The van der Waals surface area contributed by atoms with E-state index in [1.54, 1.807) is 4.90 Å². The van der Waals surface area contributed by atoms with Gasteiger partial charge < -0.3 is 14.8 Å². The standard InChI is InChI=1S/C17H14F2N2O3/c18-17(19)23-14-8-7-12(10-15(14)24-17)20-16(22)21-9-3-5-11-4-1-2-6-13(11)21/h1-2,4,6-8,10H,3,5,9H2,(H,20,22). The Bertz CT molecular complexity index is 810. The molecule has 0 saturated heterocycles. The molecule has 2 aliphatic heterocycles. The maximum atomic E-state index is 13.0. The molecule has 7 heteroatoms. The van der Waals surface area contributed by atoms with Crippen LogP contribution in [0.1, 0.15) is 12.0 Å². The van der Waals surface area contributed by atoms with Gasteiger partial charge in [-0.25, -0.2) is 4.79 Å². The first-order chi connectivity index (χ1) is 11.5. The summed E-state index contributed by atoms with van der Waals surface area (Å²) >= 11 is 0. The lowest BCUT2D eigenvalue weighted by atomic mass is 10.0. The number of nitrogens with one attached hydrogen (secondary N) is 1. The molecule has 2 heterocycles. The summed E-state index contributed by atoms with van der Waals surface area (Å²) in [5, 5.41) is 2.72. The van der Waals surface area contributed by atoms with Crippen LogP contribution in [0.2, 0.25) is 0 Å². The summed E-state index contributed by atoms with van der Waals surface area (Å²) in [6.45, 7) is 0.603. The predicted molar refractivity (Wildman–Crippen MR) is 83.8 cm³/mol. The van der Waals surface area contributed by atoms with Gasteiger partial charge in [-0.1, -0.05) is 18.2 Å². The van der Waals surface area contributed by atoms with Gasteiger partial charge in [0.05, 0.1) is 0 Å². The number of aryl methyl sites for hydroxylation is 1. The largest absolute Gasteiger partial charge is 0.586 e. The zero-order chi connectivity index (χ0) is 16.7. The number of hydrogen-bond donors (Lipinski definition) is 1. The van der Waals surface area contributed by atoms with Gasteiger partial charge in [-0.15, -0.1) is 8.78 Å². The molecule has 24 heavy (non-hydrogen) atoms. The monoisotopic (exact) mass is 332 g/mol. The number of rotatable bonds is 1. The number of hydrogen-bond acceptors (Lipinski definition) is 3. The van der Waals surface area contributed by atoms with Crippen LogP contribution in [0.5, 0.6) is 11.5 Å². The van der Waals surface area contributed by atoms with E-state index in [1.165, 1.54) is 18.2 Å². The fourth-order valence-electron chi connectivity index (χ4n) is 2.96. The number of para-hydroxylation sites is 1. The van der Waals surface area contributed by atoms with Crippen molar-refractivity contribution in [2.24, 2.45) is 0 Å². The Morgan fingerprint density at radius 1 is 1.12 bits per heavy atom. The van der Waals surface area contributed by atoms with Crippen molar-refractivity contribution < 1.29 is 23.0 Å². The van der Waals surface area contributed by atoms with Crippen molar-refractivity contribution in [1.29, 1.82) is 0 Å². The SMILES string of the molecule is O=C(Nc1ccc2c(c1)OC(F)(F)O2)N1CCCc2ccccc21. The average Bonchev–Trinajstić information content (AvgIpc) is 2.87.